The monoisotopic (exact) mass is 449 g/mol. The molecule has 3 aromatic carbocycles. The van der Waals surface area contributed by atoms with E-state index in [1.807, 2.05) is 75.4 Å². The largest absolute Gasteiger partial charge is 0.444 e. The van der Waals surface area contributed by atoms with E-state index in [0.717, 1.165) is 16.7 Å². The molecule has 5 heteroatoms. The normalized spacial score (nSPS) is 12.8. The molecule has 1 amide bonds. The van der Waals surface area contributed by atoms with E-state index in [1.54, 1.807) is 11.8 Å². The predicted molar refractivity (Wildman–Crippen MR) is 132 cm³/mol. The zero-order chi connectivity index (χ0) is 23.0. The fraction of sp³-hybridized carbons (Fsp3) is 0.296. The second kappa shape index (κ2) is 10.7. The summed E-state index contributed by atoms with van der Waals surface area (Å²) < 4.78 is 4.88. The number of carbonyl (C=O) groups is 1. The molecule has 0 aliphatic carbocycles. The van der Waals surface area contributed by atoms with Gasteiger partial charge in [-0.1, -0.05) is 91.0 Å². The van der Waals surface area contributed by atoms with Gasteiger partial charge in [-0.05, 0) is 37.5 Å². The molecule has 0 fully saturated rings. The highest BCUT2D eigenvalue weighted by molar-refractivity contribution is 8.00. The van der Waals surface area contributed by atoms with Crippen molar-refractivity contribution >= 4 is 17.9 Å². The molecule has 2 N–H and O–H groups in total. The molecule has 3 rings (SSSR count). The van der Waals surface area contributed by atoms with Crippen LogP contribution in [0, 0.1) is 0 Å². The number of rotatable bonds is 8. The molecular formula is C27H31NO3S. The molecule has 0 aliphatic heterocycles. The Bertz CT molecular complexity index is 875. The van der Waals surface area contributed by atoms with Crippen LogP contribution in [0.25, 0.3) is 0 Å². The Labute approximate surface area is 195 Å². The second-order valence-corrected chi connectivity index (χ2v) is 9.85. The maximum Gasteiger partial charge on any atom is 0.407 e. The maximum absolute atomic E-state index is 12.3. The number of amides is 1. The standard InChI is InChI=1S/C27H31NO3S/c1-26(2,3)31-25(30)28-24(19-29)20-32-27(21-13-7-4-8-14-21,22-15-9-5-10-16-22)23-17-11-6-12-18-23/h4-18,24,29H,19-20H2,1-3H3,(H,28,30)/t24-/m1/s1. The molecule has 0 spiro atoms. The molecule has 0 heterocycles. The molecule has 0 aliphatic rings. The van der Waals surface area contributed by atoms with Crippen molar-refractivity contribution in [2.24, 2.45) is 0 Å². The summed E-state index contributed by atoms with van der Waals surface area (Å²) in [5.41, 5.74) is 2.81. The van der Waals surface area contributed by atoms with Crippen LogP contribution in [0.5, 0.6) is 0 Å². The summed E-state index contributed by atoms with van der Waals surface area (Å²) in [7, 11) is 0. The number of hydrogen-bond acceptors (Lipinski definition) is 4. The molecule has 4 nitrogen and oxygen atoms in total. The first-order chi connectivity index (χ1) is 15.3. The van der Waals surface area contributed by atoms with Crippen LogP contribution < -0.4 is 5.32 Å². The first-order valence-electron chi connectivity index (χ1n) is 10.8. The predicted octanol–water partition coefficient (Wildman–Crippen LogP) is 5.60. The fourth-order valence-corrected chi connectivity index (χ4v) is 5.16. The molecule has 0 aromatic heterocycles. The molecule has 32 heavy (non-hydrogen) atoms. The van der Waals surface area contributed by atoms with Crippen molar-refractivity contribution in [3.63, 3.8) is 0 Å². The van der Waals surface area contributed by atoms with Crippen LogP contribution in [0.1, 0.15) is 37.5 Å². The average molecular weight is 450 g/mol. The number of aliphatic hydroxyl groups excluding tert-OH is 1. The van der Waals surface area contributed by atoms with Gasteiger partial charge in [0, 0.05) is 5.75 Å². The molecule has 3 aromatic rings. The summed E-state index contributed by atoms with van der Waals surface area (Å²) >= 11 is 1.69. The summed E-state index contributed by atoms with van der Waals surface area (Å²) in [6.45, 7) is 5.28. The zero-order valence-electron chi connectivity index (χ0n) is 18.8. The van der Waals surface area contributed by atoms with Gasteiger partial charge in [0.25, 0.3) is 0 Å². The molecule has 0 bridgehead atoms. The first-order valence-corrected chi connectivity index (χ1v) is 11.7. The summed E-state index contributed by atoms with van der Waals surface area (Å²) in [6.07, 6.45) is -0.526. The van der Waals surface area contributed by atoms with E-state index >= 15 is 0 Å². The van der Waals surface area contributed by atoms with Gasteiger partial charge in [-0.15, -0.1) is 11.8 Å². The Hall–Kier alpha value is -2.76. The Morgan fingerprint density at radius 2 is 1.25 bits per heavy atom. The van der Waals surface area contributed by atoms with E-state index in [-0.39, 0.29) is 6.61 Å². The van der Waals surface area contributed by atoms with Crippen LogP contribution in [0.15, 0.2) is 91.0 Å². The third-order valence-electron chi connectivity index (χ3n) is 4.98. The van der Waals surface area contributed by atoms with Gasteiger partial charge in [0.05, 0.1) is 17.4 Å². The van der Waals surface area contributed by atoms with Gasteiger partial charge in [-0.3, -0.25) is 0 Å². The smallest absolute Gasteiger partial charge is 0.407 e. The average Bonchev–Trinajstić information content (AvgIpc) is 2.79. The van der Waals surface area contributed by atoms with Crippen LogP contribution in [-0.4, -0.2) is 35.2 Å². The highest BCUT2D eigenvalue weighted by Crippen LogP contribution is 2.48. The Morgan fingerprint density at radius 1 is 0.844 bits per heavy atom. The van der Waals surface area contributed by atoms with Crippen molar-refractivity contribution in [2.75, 3.05) is 12.4 Å². The highest BCUT2D eigenvalue weighted by Gasteiger charge is 2.37. The van der Waals surface area contributed by atoms with Crippen LogP contribution in [-0.2, 0) is 9.48 Å². The van der Waals surface area contributed by atoms with E-state index in [4.69, 9.17) is 4.74 Å². The maximum atomic E-state index is 12.3. The number of alkyl carbamates (subject to hydrolysis) is 1. The Kier molecular flexibility index (Phi) is 7.99. The van der Waals surface area contributed by atoms with E-state index in [1.165, 1.54) is 0 Å². The summed E-state index contributed by atoms with van der Waals surface area (Å²) in [4.78, 5) is 12.3. The van der Waals surface area contributed by atoms with Gasteiger partial charge >= 0.3 is 6.09 Å². The minimum Gasteiger partial charge on any atom is -0.444 e. The van der Waals surface area contributed by atoms with Crippen molar-refractivity contribution in [3.05, 3.63) is 108 Å². The van der Waals surface area contributed by atoms with Gasteiger partial charge < -0.3 is 15.2 Å². The molecule has 1 atom stereocenters. The van der Waals surface area contributed by atoms with E-state index < -0.39 is 22.5 Å². The fourth-order valence-electron chi connectivity index (χ4n) is 3.61. The molecule has 168 valence electrons. The van der Waals surface area contributed by atoms with Crippen LogP contribution in [0.2, 0.25) is 0 Å². The van der Waals surface area contributed by atoms with E-state index in [2.05, 4.69) is 41.7 Å². The van der Waals surface area contributed by atoms with Crippen LogP contribution >= 0.6 is 11.8 Å². The lowest BCUT2D eigenvalue weighted by molar-refractivity contribution is 0.0491. The zero-order valence-corrected chi connectivity index (χ0v) is 19.6. The van der Waals surface area contributed by atoms with E-state index in [9.17, 15) is 9.90 Å². The molecule has 0 unspecified atom stereocenters. The summed E-state index contributed by atoms with van der Waals surface area (Å²) in [5, 5.41) is 12.8. The van der Waals surface area contributed by atoms with Gasteiger partial charge in [0.15, 0.2) is 0 Å². The lowest BCUT2D eigenvalue weighted by Crippen LogP contribution is -2.43. The molecule has 0 saturated heterocycles. The SMILES string of the molecule is CC(C)(C)OC(=O)N[C@H](CO)CSC(c1ccccc1)(c1ccccc1)c1ccccc1. The molecule has 0 saturated carbocycles. The number of nitrogens with one attached hydrogen (secondary N) is 1. The number of thioether (sulfide) groups is 1. The lowest BCUT2D eigenvalue weighted by Gasteiger charge is -2.36. The highest BCUT2D eigenvalue weighted by atomic mass is 32.2. The number of ether oxygens (including phenoxy) is 1. The number of hydrogen-bond donors (Lipinski definition) is 2. The number of carbonyl (C=O) groups excluding carboxylic acids is 1. The van der Waals surface area contributed by atoms with Gasteiger partial charge in [0.1, 0.15) is 5.60 Å². The third-order valence-corrected chi connectivity index (χ3v) is 6.69. The summed E-state index contributed by atoms with van der Waals surface area (Å²) in [5.74, 6) is 0.494. The molecule has 0 radical (unpaired) electrons. The van der Waals surface area contributed by atoms with Gasteiger partial charge in [-0.2, -0.15) is 0 Å². The number of benzene rings is 3. The third kappa shape index (κ3) is 5.93. The topological polar surface area (TPSA) is 58.6 Å². The Balaban J connectivity index is 1.99. The van der Waals surface area contributed by atoms with Crippen molar-refractivity contribution in [1.29, 1.82) is 0 Å². The number of aliphatic hydroxyl groups is 1. The van der Waals surface area contributed by atoms with E-state index in [0.29, 0.717) is 5.75 Å². The van der Waals surface area contributed by atoms with Crippen LogP contribution in [0.3, 0.4) is 0 Å². The molecular weight excluding hydrogens is 418 g/mol. The van der Waals surface area contributed by atoms with Gasteiger partial charge in [-0.25, -0.2) is 4.79 Å². The minimum atomic E-state index is -0.598. The lowest BCUT2D eigenvalue weighted by atomic mass is 9.84. The first kappa shape index (κ1) is 23.9. The minimum absolute atomic E-state index is 0.180. The quantitative estimate of drug-likeness (QED) is 0.440. The second-order valence-electron chi connectivity index (χ2n) is 8.62. The Morgan fingerprint density at radius 3 is 1.59 bits per heavy atom. The van der Waals surface area contributed by atoms with Crippen molar-refractivity contribution < 1.29 is 14.6 Å². The van der Waals surface area contributed by atoms with Crippen LogP contribution in [0.4, 0.5) is 4.79 Å². The van der Waals surface area contributed by atoms with Gasteiger partial charge in [0.2, 0.25) is 0 Å². The van der Waals surface area contributed by atoms with Crippen molar-refractivity contribution in [1.82, 2.24) is 5.32 Å². The summed E-state index contributed by atoms with van der Waals surface area (Å²) in [6, 6.07) is 30.6. The van der Waals surface area contributed by atoms with Crippen molar-refractivity contribution in [2.45, 2.75) is 37.2 Å². The van der Waals surface area contributed by atoms with Crippen molar-refractivity contribution in [3.8, 4) is 0 Å².